The molecule has 1 atom stereocenters. The van der Waals surface area contributed by atoms with Crippen LogP contribution in [0.4, 0.5) is 5.82 Å². The van der Waals surface area contributed by atoms with Crippen molar-refractivity contribution in [3.8, 4) is 11.5 Å². The fourth-order valence-corrected chi connectivity index (χ4v) is 2.25. The van der Waals surface area contributed by atoms with Crippen molar-refractivity contribution >= 4 is 11.7 Å². The lowest BCUT2D eigenvalue weighted by Gasteiger charge is -2.16. The van der Waals surface area contributed by atoms with Crippen molar-refractivity contribution < 1.29 is 9.90 Å². The predicted octanol–water partition coefficient (Wildman–Crippen LogP) is -0.0613. The molecule has 1 fully saturated rings. The number of nitrogens with one attached hydrogen (secondary N) is 1. The zero-order chi connectivity index (χ0) is 15.4. The van der Waals surface area contributed by atoms with Gasteiger partial charge in [-0.15, -0.1) is 0 Å². The van der Waals surface area contributed by atoms with E-state index in [2.05, 4.69) is 25.3 Å². The maximum atomic E-state index is 12.0. The van der Waals surface area contributed by atoms with Gasteiger partial charge in [-0.25, -0.2) is 19.9 Å². The second-order valence-electron chi connectivity index (χ2n) is 5.00. The fourth-order valence-electron chi connectivity index (χ4n) is 2.25. The molecule has 0 saturated carbocycles. The van der Waals surface area contributed by atoms with Crippen molar-refractivity contribution in [3.63, 3.8) is 0 Å². The first-order chi connectivity index (χ1) is 10.7. The van der Waals surface area contributed by atoms with Crippen molar-refractivity contribution in [2.24, 2.45) is 0 Å². The molecule has 1 aliphatic heterocycles. The van der Waals surface area contributed by atoms with Gasteiger partial charge >= 0.3 is 0 Å². The number of hydrogen-bond donors (Lipinski definition) is 2. The number of aliphatic hydroxyl groups is 1. The molecule has 0 aromatic carbocycles. The number of carbonyl (C=O) groups excluding carboxylic acids is 1. The number of hydrogen-bond acceptors (Lipinski definition) is 7. The first kappa shape index (κ1) is 14.3. The van der Waals surface area contributed by atoms with Crippen LogP contribution >= 0.6 is 0 Å². The van der Waals surface area contributed by atoms with Crippen LogP contribution < -0.4 is 5.32 Å². The van der Waals surface area contributed by atoms with Crippen molar-refractivity contribution in [1.29, 1.82) is 0 Å². The SMILES string of the molecule is O=C(CNc1ccnc(-c2ccncn2)n1)N1CCC(O)C1. The molecule has 8 heteroatoms. The van der Waals surface area contributed by atoms with Gasteiger partial charge in [-0.3, -0.25) is 4.79 Å². The molecule has 1 saturated heterocycles. The lowest BCUT2D eigenvalue weighted by Crippen LogP contribution is -2.34. The number of carbonyl (C=O) groups is 1. The summed E-state index contributed by atoms with van der Waals surface area (Å²) in [4.78, 5) is 30.1. The normalized spacial score (nSPS) is 17.5. The maximum absolute atomic E-state index is 12.0. The lowest BCUT2D eigenvalue weighted by atomic mass is 10.3. The molecule has 22 heavy (non-hydrogen) atoms. The van der Waals surface area contributed by atoms with Crippen LogP contribution in [0.15, 0.2) is 30.9 Å². The molecular formula is C14H16N6O2. The Balaban J connectivity index is 1.62. The summed E-state index contributed by atoms with van der Waals surface area (Å²) in [5.41, 5.74) is 0.618. The Bertz CT molecular complexity index is 651. The number of nitrogens with zero attached hydrogens (tertiary/aromatic N) is 5. The molecule has 3 heterocycles. The van der Waals surface area contributed by atoms with Crippen molar-refractivity contribution in [2.45, 2.75) is 12.5 Å². The Kier molecular flexibility index (Phi) is 4.19. The van der Waals surface area contributed by atoms with E-state index in [1.807, 2.05) is 0 Å². The number of anilines is 1. The highest BCUT2D eigenvalue weighted by Gasteiger charge is 2.24. The highest BCUT2D eigenvalue weighted by Crippen LogP contribution is 2.13. The van der Waals surface area contributed by atoms with E-state index in [9.17, 15) is 9.90 Å². The summed E-state index contributed by atoms with van der Waals surface area (Å²) < 4.78 is 0. The minimum atomic E-state index is -0.410. The van der Waals surface area contributed by atoms with Gasteiger partial charge in [0.25, 0.3) is 0 Å². The van der Waals surface area contributed by atoms with E-state index in [-0.39, 0.29) is 12.5 Å². The number of β-amino-alcohol motifs (C(OH)–C–C–N with tert-alkyl or cyclic N) is 1. The quantitative estimate of drug-likeness (QED) is 0.815. The third-order valence-corrected chi connectivity index (χ3v) is 3.40. The first-order valence-electron chi connectivity index (χ1n) is 7.01. The van der Waals surface area contributed by atoms with Gasteiger partial charge in [0.05, 0.1) is 12.6 Å². The zero-order valence-electron chi connectivity index (χ0n) is 11.9. The highest BCUT2D eigenvalue weighted by atomic mass is 16.3. The Labute approximate surface area is 127 Å². The average Bonchev–Trinajstić information content (AvgIpc) is 3.00. The second kappa shape index (κ2) is 6.44. The Morgan fingerprint density at radius 1 is 1.36 bits per heavy atom. The third kappa shape index (κ3) is 3.34. The summed E-state index contributed by atoms with van der Waals surface area (Å²) in [7, 11) is 0. The van der Waals surface area contributed by atoms with E-state index in [1.54, 1.807) is 29.4 Å². The number of aliphatic hydroxyl groups excluding tert-OH is 1. The number of amides is 1. The first-order valence-corrected chi connectivity index (χ1v) is 7.01. The molecule has 3 rings (SSSR count). The van der Waals surface area contributed by atoms with Gasteiger partial charge in [-0.2, -0.15) is 0 Å². The molecule has 1 amide bonds. The van der Waals surface area contributed by atoms with Gasteiger partial charge in [-0.05, 0) is 18.6 Å². The van der Waals surface area contributed by atoms with Crippen LogP contribution in [0, 0.1) is 0 Å². The zero-order valence-corrected chi connectivity index (χ0v) is 11.9. The maximum Gasteiger partial charge on any atom is 0.242 e. The third-order valence-electron chi connectivity index (χ3n) is 3.40. The van der Waals surface area contributed by atoms with Gasteiger partial charge in [0.1, 0.15) is 17.8 Å². The predicted molar refractivity (Wildman–Crippen MR) is 78.8 cm³/mol. The summed E-state index contributed by atoms with van der Waals surface area (Å²) in [6.07, 6.45) is 4.88. The molecule has 114 valence electrons. The smallest absolute Gasteiger partial charge is 0.242 e. The molecule has 2 N–H and O–H groups in total. The fraction of sp³-hybridized carbons (Fsp3) is 0.357. The monoisotopic (exact) mass is 300 g/mol. The standard InChI is InChI=1S/C14H16N6O2/c21-10-3-6-20(8-10)13(22)7-17-12-2-5-16-14(19-12)11-1-4-15-9-18-11/h1-2,4-5,9-10,21H,3,6-8H2,(H,16,17,19). The van der Waals surface area contributed by atoms with Crippen molar-refractivity contribution in [2.75, 3.05) is 25.0 Å². The summed E-state index contributed by atoms with van der Waals surface area (Å²) >= 11 is 0. The van der Waals surface area contributed by atoms with E-state index in [0.29, 0.717) is 36.8 Å². The molecule has 8 nitrogen and oxygen atoms in total. The van der Waals surface area contributed by atoms with Crippen LogP contribution in [-0.4, -0.2) is 61.6 Å². The van der Waals surface area contributed by atoms with Crippen LogP contribution in [0.1, 0.15) is 6.42 Å². The van der Waals surface area contributed by atoms with Crippen LogP contribution in [0.25, 0.3) is 11.5 Å². The number of likely N-dealkylation sites (tertiary alicyclic amines) is 1. The molecule has 1 aliphatic rings. The van der Waals surface area contributed by atoms with Gasteiger partial charge in [0.15, 0.2) is 5.82 Å². The Hall–Kier alpha value is -2.61. The minimum Gasteiger partial charge on any atom is -0.391 e. The molecule has 0 bridgehead atoms. The van der Waals surface area contributed by atoms with Crippen LogP contribution in [0.5, 0.6) is 0 Å². The number of rotatable bonds is 4. The van der Waals surface area contributed by atoms with Crippen LogP contribution in [-0.2, 0) is 4.79 Å². The van der Waals surface area contributed by atoms with Gasteiger partial charge in [0, 0.05) is 25.5 Å². The average molecular weight is 300 g/mol. The van der Waals surface area contributed by atoms with E-state index >= 15 is 0 Å². The Morgan fingerprint density at radius 2 is 2.27 bits per heavy atom. The molecular weight excluding hydrogens is 284 g/mol. The van der Waals surface area contributed by atoms with E-state index < -0.39 is 6.10 Å². The summed E-state index contributed by atoms with van der Waals surface area (Å²) in [6.45, 7) is 1.13. The number of aromatic nitrogens is 4. The van der Waals surface area contributed by atoms with Crippen molar-refractivity contribution in [1.82, 2.24) is 24.8 Å². The van der Waals surface area contributed by atoms with Gasteiger partial charge < -0.3 is 15.3 Å². The summed E-state index contributed by atoms with van der Waals surface area (Å²) in [6, 6.07) is 3.41. The highest BCUT2D eigenvalue weighted by molar-refractivity contribution is 5.80. The van der Waals surface area contributed by atoms with Gasteiger partial charge in [0.2, 0.25) is 5.91 Å². The van der Waals surface area contributed by atoms with Crippen LogP contribution in [0.2, 0.25) is 0 Å². The van der Waals surface area contributed by atoms with Gasteiger partial charge in [-0.1, -0.05) is 0 Å². The van der Waals surface area contributed by atoms with E-state index in [1.165, 1.54) is 6.33 Å². The van der Waals surface area contributed by atoms with Crippen LogP contribution in [0.3, 0.4) is 0 Å². The molecule has 0 spiro atoms. The molecule has 0 radical (unpaired) electrons. The minimum absolute atomic E-state index is 0.0567. The summed E-state index contributed by atoms with van der Waals surface area (Å²) in [5.74, 6) is 0.965. The van der Waals surface area contributed by atoms with E-state index in [0.717, 1.165) is 0 Å². The molecule has 0 aliphatic carbocycles. The molecule has 2 aromatic rings. The lowest BCUT2D eigenvalue weighted by molar-refractivity contribution is -0.128. The van der Waals surface area contributed by atoms with Crippen molar-refractivity contribution in [3.05, 3.63) is 30.9 Å². The largest absolute Gasteiger partial charge is 0.391 e. The second-order valence-corrected chi connectivity index (χ2v) is 5.00. The topological polar surface area (TPSA) is 104 Å². The Morgan fingerprint density at radius 3 is 3.00 bits per heavy atom. The molecule has 2 aromatic heterocycles. The summed E-state index contributed by atoms with van der Waals surface area (Å²) in [5, 5.41) is 12.4. The van der Waals surface area contributed by atoms with E-state index in [4.69, 9.17) is 0 Å². The molecule has 1 unspecified atom stereocenters.